The predicted octanol–water partition coefficient (Wildman–Crippen LogP) is 2.62. The monoisotopic (exact) mass is 307 g/mol. The Morgan fingerprint density at radius 1 is 1.50 bits per heavy atom. The molecular weight excluding hydrogens is 282 g/mol. The number of piperidine rings is 1. The molecule has 1 aromatic heterocycles. The van der Waals surface area contributed by atoms with Crippen molar-refractivity contribution in [2.45, 2.75) is 45.3 Å². The van der Waals surface area contributed by atoms with Crippen LogP contribution in [0.2, 0.25) is 0 Å². The zero-order valence-corrected chi connectivity index (χ0v) is 13.7. The molecule has 0 aromatic carbocycles. The Hall–Kier alpha value is -1.98. The summed E-state index contributed by atoms with van der Waals surface area (Å²) in [5.41, 5.74) is -0.501. The van der Waals surface area contributed by atoms with Crippen LogP contribution in [0.15, 0.2) is 18.3 Å². The topological polar surface area (TPSA) is 65.9 Å². The van der Waals surface area contributed by atoms with Crippen molar-refractivity contribution in [3.63, 3.8) is 0 Å². The number of aromatic nitrogens is 1. The van der Waals surface area contributed by atoms with Crippen LogP contribution in [0.25, 0.3) is 0 Å². The highest BCUT2D eigenvalue weighted by molar-refractivity contribution is 5.68. The average Bonchev–Trinajstić information content (AvgIpc) is 2.45. The fourth-order valence-corrected chi connectivity index (χ4v) is 2.58. The highest BCUT2D eigenvalue weighted by Gasteiger charge is 2.30. The van der Waals surface area contributed by atoms with Gasteiger partial charge in [-0.3, -0.25) is 0 Å². The first kappa shape index (κ1) is 16.4. The minimum atomic E-state index is -0.501. The van der Waals surface area contributed by atoms with Gasteiger partial charge in [0.2, 0.25) is 0 Å². The number of likely N-dealkylation sites (N-methyl/N-ethyl adjacent to an activating group) is 1. The number of hydrogen-bond donors (Lipinski definition) is 1. The van der Waals surface area contributed by atoms with Crippen LogP contribution in [0.1, 0.15) is 33.6 Å². The first-order valence-corrected chi connectivity index (χ1v) is 7.62. The van der Waals surface area contributed by atoms with E-state index in [-0.39, 0.29) is 17.9 Å². The van der Waals surface area contributed by atoms with Crippen LogP contribution in [-0.2, 0) is 4.74 Å². The molecule has 1 N–H and O–H groups in total. The van der Waals surface area contributed by atoms with Gasteiger partial charge in [-0.1, -0.05) is 0 Å². The maximum atomic E-state index is 12.2. The Morgan fingerprint density at radius 3 is 2.86 bits per heavy atom. The molecule has 0 aliphatic carbocycles. The number of pyridine rings is 1. The summed E-state index contributed by atoms with van der Waals surface area (Å²) in [6.45, 7) is 7.04. The quantitative estimate of drug-likeness (QED) is 0.910. The molecule has 122 valence electrons. The average molecular weight is 307 g/mol. The summed E-state index contributed by atoms with van der Waals surface area (Å²) < 4.78 is 5.42. The summed E-state index contributed by atoms with van der Waals surface area (Å²) in [7, 11) is 1.76. The van der Waals surface area contributed by atoms with E-state index in [0.717, 1.165) is 19.4 Å². The van der Waals surface area contributed by atoms with Gasteiger partial charge >= 0.3 is 6.09 Å². The van der Waals surface area contributed by atoms with E-state index >= 15 is 0 Å². The van der Waals surface area contributed by atoms with Crippen LogP contribution in [0.5, 0.6) is 5.75 Å². The summed E-state index contributed by atoms with van der Waals surface area (Å²) in [6, 6.07) is 3.38. The fourth-order valence-electron chi connectivity index (χ4n) is 2.58. The molecule has 1 atom stereocenters. The van der Waals surface area contributed by atoms with Crippen molar-refractivity contribution >= 4 is 11.9 Å². The van der Waals surface area contributed by atoms with Gasteiger partial charge in [-0.25, -0.2) is 9.78 Å². The van der Waals surface area contributed by atoms with Gasteiger partial charge in [0.1, 0.15) is 5.60 Å². The van der Waals surface area contributed by atoms with Crippen molar-refractivity contribution in [1.29, 1.82) is 0 Å². The maximum absolute atomic E-state index is 12.2. The molecule has 22 heavy (non-hydrogen) atoms. The number of amides is 1. The molecule has 2 rings (SSSR count). The van der Waals surface area contributed by atoms with E-state index < -0.39 is 5.60 Å². The van der Waals surface area contributed by atoms with E-state index in [0.29, 0.717) is 12.4 Å². The number of rotatable bonds is 2. The van der Waals surface area contributed by atoms with Crippen molar-refractivity contribution < 1.29 is 14.6 Å². The summed E-state index contributed by atoms with van der Waals surface area (Å²) >= 11 is 0. The molecule has 1 aromatic rings. The lowest BCUT2D eigenvalue weighted by molar-refractivity contribution is 0.0209. The van der Waals surface area contributed by atoms with Crippen LogP contribution in [0.3, 0.4) is 0 Å². The maximum Gasteiger partial charge on any atom is 0.410 e. The highest BCUT2D eigenvalue weighted by atomic mass is 16.6. The predicted molar refractivity (Wildman–Crippen MR) is 85.1 cm³/mol. The van der Waals surface area contributed by atoms with Gasteiger partial charge in [0.05, 0.1) is 6.04 Å². The van der Waals surface area contributed by atoms with Gasteiger partial charge in [-0.05, 0) is 45.7 Å². The Balaban J connectivity index is 2.04. The number of carbonyl (C=O) groups excluding carboxylic acids is 1. The summed E-state index contributed by atoms with van der Waals surface area (Å²) in [6.07, 6.45) is 3.20. The lowest BCUT2D eigenvalue weighted by atomic mass is 10.0. The fraction of sp³-hybridized carbons (Fsp3) is 0.625. The van der Waals surface area contributed by atoms with Gasteiger partial charge in [0.15, 0.2) is 11.6 Å². The number of carbonyl (C=O) groups is 1. The lowest BCUT2D eigenvalue weighted by Crippen LogP contribution is -2.50. The second kappa shape index (κ2) is 6.42. The van der Waals surface area contributed by atoms with Crippen LogP contribution in [0, 0.1) is 0 Å². The van der Waals surface area contributed by atoms with Crippen molar-refractivity contribution in [2.75, 3.05) is 25.0 Å². The Bertz CT molecular complexity index is 528. The molecule has 0 saturated carbocycles. The van der Waals surface area contributed by atoms with Gasteiger partial charge < -0.3 is 19.6 Å². The third-order valence-corrected chi connectivity index (χ3v) is 3.69. The minimum Gasteiger partial charge on any atom is -0.504 e. The van der Waals surface area contributed by atoms with Gasteiger partial charge in [0, 0.05) is 26.3 Å². The van der Waals surface area contributed by atoms with Crippen LogP contribution in [0.4, 0.5) is 10.6 Å². The second-order valence-electron chi connectivity index (χ2n) is 6.68. The van der Waals surface area contributed by atoms with E-state index in [1.165, 1.54) is 0 Å². The Morgan fingerprint density at radius 2 is 2.23 bits per heavy atom. The molecule has 1 saturated heterocycles. The molecule has 1 aliphatic heterocycles. The Labute approximate surface area is 131 Å². The standard InChI is InChI=1S/C16H25N3O3/c1-16(2,3)22-15(21)18(4)12-7-6-10-19(11-12)14-13(20)8-5-9-17-14/h5,8-9,12,20H,6-7,10-11H2,1-4H3/t12-/m1/s1. The van der Waals surface area contributed by atoms with E-state index in [2.05, 4.69) is 4.98 Å². The van der Waals surface area contributed by atoms with E-state index in [9.17, 15) is 9.90 Å². The van der Waals surface area contributed by atoms with Crippen LogP contribution >= 0.6 is 0 Å². The minimum absolute atomic E-state index is 0.0463. The second-order valence-corrected chi connectivity index (χ2v) is 6.68. The third-order valence-electron chi connectivity index (χ3n) is 3.69. The van der Waals surface area contributed by atoms with E-state index in [1.54, 1.807) is 30.3 Å². The van der Waals surface area contributed by atoms with E-state index in [1.807, 2.05) is 25.7 Å². The normalized spacial score (nSPS) is 18.9. The molecule has 1 amide bonds. The van der Waals surface area contributed by atoms with Gasteiger partial charge in [-0.2, -0.15) is 0 Å². The molecule has 6 heteroatoms. The smallest absolute Gasteiger partial charge is 0.410 e. The summed E-state index contributed by atoms with van der Waals surface area (Å²) in [4.78, 5) is 20.1. The number of aromatic hydroxyl groups is 1. The summed E-state index contributed by atoms with van der Waals surface area (Å²) in [5.74, 6) is 0.743. The molecule has 0 spiro atoms. The molecule has 2 heterocycles. The molecule has 6 nitrogen and oxygen atoms in total. The lowest BCUT2D eigenvalue weighted by Gasteiger charge is -2.38. The SMILES string of the molecule is CN(C(=O)OC(C)(C)C)[C@@H]1CCCN(c2ncccc2O)C1. The summed E-state index contributed by atoms with van der Waals surface area (Å²) in [5, 5.41) is 9.94. The number of hydrogen-bond acceptors (Lipinski definition) is 5. The first-order valence-electron chi connectivity index (χ1n) is 7.62. The zero-order valence-electron chi connectivity index (χ0n) is 13.7. The number of ether oxygens (including phenoxy) is 1. The van der Waals surface area contributed by atoms with Gasteiger partial charge in [0.25, 0.3) is 0 Å². The molecule has 0 unspecified atom stereocenters. The number of nitrogens with zero attached hydrogens (tertiary/aromatic N) is 3. The first-order chi connectivity index (χ1) is 10.3. The van der Waals surface area contributed by atoms with Crippen LogP contribution < -0.4 is 4.90 Å². The Kier molecular flexibility index (Phi) is 4.78. The third kappa shape index (κ3) is 4.02. The van der Waals surface area contributed by atoms with Gasteiger partial charge in [-0.15, -0.1) is 0 Å². The molecular formula is C16H25N3O3. The molecule has 1 aliphatic rings. The van der Waals surface area contributed by atoms with Crippen molar-refractivity contribution in [3.05, 3.63) is 18.3 Å². The molecule has 1 fully saturated rings. The molecule has 0 radical (unpaired) electrons. The molecule has 0 bridgehead atoms. The zero-order chi connectivity index (χ0) is 16.3. The largest absolute Gasteiger partial charge is 0.504 e. The van der Waals surface area contributed by atoms with E-state index in [4.69, 9.17) is 4.74 Å². The number of anilines is 1. The van der Waals surface area contributed by atoms with Crippen molar-refractivity contribution in [2.24, 2.45) is 0 Å². The highest BCUT2D eigenvalue weighted by Crippen LogP contribution is 2.27. The van der Waals surface area contributed by atoms with Crippen LogP contribution in [-0.4, -0.2) is 52.9 Å². The van der Waals surface area contributed by atoms with Crippen molar-refractivity contribution in [1.82, 2.24) is 9.88 Å². The van der Waals surface area contributed by atoms with Crippen molar-refractivity contribution in [3.8, 4) is 5.75 Å².